The van der Waals surface area contributed by atoms with E-state index in [1.807, 2.05) is 31.2 Å². The van der Waals surface area contributed by atoms with E-state index in [-0.39, 0.29) is 11.7 Å². The van der Waals surface area contributed by atoms with E-state index in [0.29, 0.717) is 6.42 Å². The van der Waals surface area contributed by atoms with Crippen LogP contribution in [0.5, 0.6) is 0 Å². The first-order valence-corrected chi connectivity index (χ1v) is 4.96. The van der Waals surface area contributed by atoms with Gasteiger partial charge in [-0.2, -0.15) is 0 Å². The highest BCUT2D eigenvalue weighted by atomic mass is 19.1. The molecule has 1 aromatic carbocycles. The molecule has 1 aromatic rings. The lowest BCUT2D eigenvalue weighted by atomic mass is 9.90. The van der Waals surface area contributed by atoms with Gasteiger partial charge in [0.1, 0.15) is 11.7 Å². The van der Waals surface area contributed by atoms with Gasteiger partial charge in [-0.25, -0.2) is 8.78 Å². The lowest BCUT2D eigenvalue weighted by molar-refractivity contribution is 0.519. The molecule has 0 heterocycles. The molecule has 0 fully saturated rings. The molecule has 78 valence electrons. The van der Waals surface area contributed by atoms with Crippen molar-refractivity contribution in [1.82, 2.24) is 0 Å². The SMILES string of the molecule is Cc1cccc(C2CC=C(F)C=C2F)c1. The van der Waals surface area contributed by atoms with Crippen LogP contribution in [0, 0.1) is 6.92 Å². The minimum atomic E-state index is -0.476. The number of halogens is 2. The fourth-order valence-corrected chi connectivity index (χ4v) is 1.82. The van der Waals surface area contributed by atoms with Crippen molar-refractivity contribution in [3.8, 4) is 0 Å². The predicted molar refractivity (Wildman–Crippen MR) is 56.9 cm³/mol. The van der Waals surface area contributed by atoms with E-state index in [9.17, 15) is 8.78 Å². The summed E-state index contributed by atoms with van der Waals surface area (Å²) in [6.45, 7) is 1.96. The Hall–Kier alpha value is -1.44. The molecule has 15 heavy (non-hydrogen) atoms. The zero-order valence-corrected chi connectivity index (χ0v) is 8.50. The predicted octanol–water partition coefficient (Wildman–Crippen LogP) is 4.19. The third-order valence-electron chi connectivity index (χ3n) is 2.60. The Morgan fingerprint density at radius 3 is 2.73 bits per heavy atom. The van der Waals surface area contributed by atoms with Crippen molar-refractivity contribution in [2.24, 2.45) is 0 Å². The molecule has 0 N–H and O–H groups in total. The van der Waals surface area contributed by atoms with Gasteiger partial charge in [0.2, 0.25) is 0 Å². The van der Waals surface area contributed by atoms with Crippen molar-refractivity contribution in [1.29, 1.82) is 0 Å². The topological polar surface area (TPSA) is 0 Å². The summed E-state index contributed by atoms with van der Waals surface area (Å²) in [6.07, 6.45) is 2.80. The highest BCUT2D eigenvalue weighted by molar-refractivity contribution is 5.35. The Bertz CT molecular complexity index is 430. The fraction of sp³-hybridized carbons (Fsp3) is 0.231. The van der Waals surface area contributed by atoms with Crippen LogP contribution in [0.3, 0.4) is 0 Å². The van der Waals surface area contributed by atoms with Crippen LogP contribution in [0.15, 0.2) is 48.1 Å². The maximum atomic E-state index is 13.5. The quantitative estimate of drug-likeness (QED) is 0.646. The van der Waals surface area contributed by atoms with E-state index in [4.69, 9.17) is 0 Å². The van der Waals surface area contributed by atoms with E-state index in [1.54, 1.807) is 0 Å². The normalized spacial score (nSPS) is 20.9. The van der Waals surface area contributed by atoms with Crippen molar-refractivity contribution >= 4 is 0 Å². The largest absolute Gasteiger partial charge is 0.211 e. The minimum Gasteiger partial charge on any atom is -0.211 e. The van der Waals surface area contributed by atoms with Crippen molar-refractivity contribution in [2.45, 2.75) is 19.3 Å². The van der Waals surface area contributed by atoms with E-state index in [1.165, 1.54) is 6.08 Å². The number of allylic oxidation sites excluding steroid dienone is 4. The summed E-state index contributed by atoms with van der Waals surface area (Å²) in [7, 11) is 0. The van der Waals surface area contributed by atoms with Gasteiger partial charge < -0.3 is 0 Å². The molecule has 0 spiro atoms. The van der Waals surface area contributed by atoms with Crippen molar-refractivity contribution in [2.75, 3.05) is 0 Å². The number of hydrogen-bond donors (Lipinski definition) is 0. The van der Waals surface area contributed by atoms with Crippen LogP contribution in [0.4, 0.5) is 8.78 Å². The first-order chi connectivity index (χ1) is 7.16. The van der Waals surface area contributed by atoms with Gasteiger partial charge in [-0.15, -0.1) is 0 Å². The maximum absolute atomic E-state index is 13.5. The number of aryl methyl sites for hydroxylation is 1. The molecule has 1 atom stereocenters. The van der Waals surface area contributed by atoms with Gasteiger partial charge in [0.15, 0.2) is 0 Å². The molecule has 0 amide bonds. The Morgan fingerprint density at radius 2 is 2.07 bits per heavy atom. The molecule has 0 aliphatic heterocycles. The van der Waals surface area contributed by atoms with Gasteiger partial charge in [0.05, 0.1) is 0 Å². The summed E-state index contributed by atoms with van der Waals surface area (Å²) in [6, 6.07) is 7.67. The van der Waals surface area contributed by atoms with E-state index >= 15 is 0 Å². The van der Waals surface area contributed by atoms with E-state index < -0.39 is 5.83 Å². The zero-order valence-electron chi connectivity index (χ0n) is 8.50. The molecule has 0 saturated heterocycles. The standard InChI is InChI=1S/C13H12F2/c1-9-3-2-4-10(7-9)12-6-5-11(14)8-13(12)15/h2-5,7-8,12H,6H2,1H3. The summed E-state index contributed by atoms with van der Waals surface area (Å²) < 4.78 is 26.2. The van der Waals surface area contributed by atoms with E-state index in [2.05, 4.69) is 0 Å². The molecule has 2 rings (SSSR count). The molecule has 0 bridgehead atoms. The molecular weight excluding hydrogens is 194 g/mol. The molecule has 1 aliphatic carbocycles. The van der Waals surface area contributed by atoms with Crippen LogP contribution in [0.2, 0.25) is 0 Å². The number of hydrogen-bond acceptors (Lipinski definition) is 0. The summed E-state index contributed by atoms with van der Waals surface area (Å²) in [5, 5.41) is 0. The van der Waals surface area contributed by atoms with Crippen LogP contribution in [0.1, 0.15) is 23.5 Å². The summed E-state index contributed by atoms with van der Waals surface area (Å²) >= 11 is 0. The van der Waals surface area contributed by atoms with Crippen LogP contribution in [-0.4, -0.2) is 0 Å². The summed E-state index contributed by atoms with van der Waals surface area (Å²) in [5.74, 6) is -1.18. The molecule has 1 unspecified atom stereocenters. The Balaban J connectivity index is 2.31. The number of rotatable bonds is 1. The third-order valence-corrected chi connectivity index (χ3v) is 2.60. The van der Waals surface area contributed by atoms with Crippen molar-refractivity contribution < 1.29 is 8.78 Å². The van der Waals surface area contributed by atoms with Gasteiger partial charge >= 0.3 is 0 Å². The second kappa shape index (κ2) is 3.97. The van der Waals surface area contributed by atoms with Gasteiger partial charge in [-0.3, -0.25) is 0 Å². The minimum absolute atomic E-state index is 0.315. The van der Waals surface area contributed by atoms with E-state index in [0.717, 1.165) is 17.2 Å². The third kappa shape index (κ3) is 2.14. The Labute approximate surface area is 87.9 Å². The lowest BCUT2D eigenvalue weighted by Gasteiger charge is -2.17. The summed E-state index contributed by atoms with van der Waals surface area (Å²) in [5.41, 5.74) is 2.00. The van der Waals surface area contributed by atoms with Crippen LogP contribution >= 0.6 is 0 Å². The maximum Gasteiger partial charge on any atom is 0.121 e. The lowest BCUT2D eigenvalue weighted by Crippen LogP contribution is -2.02. The second-order valence-electron chi connectivity index (χ2n) is 3.82. The first kappa shape index (κ1) is 10.1. The van der Waals surface area contributed by atoms with Gasteiger partial charge in [0.25, 0.3) is 0 Å². The van der Waals surface area contributed by atoms with Crippen LogP contribution in [-0.2, 0) is 0 Å². The Kier molecular flexibility index (Phi) is 2.67. The second-order valence-corrected chi connectivity index (χ2v) is 3.82. The summed E-state index contributed by atoms with van der Waals surface area (Å²) in [4.78, 5) is 0. The first-order valence-electron chi connectivity index (χ1n) is 4.96. The highest BCUT2D eigenvalue weighted by Gasteiger charge is 2.19. The van der Waals surface area contributed by atoms with Gasteiger partial charge in [-0.1, -0.05) is 29.8 Å². The molecule has 0 nitrogen and oxygen atoms in total. The van der Waals surface area contributed by atoms with Crippen molar-refractivity contribution in [3.05, 3.63) is 59.2 Å². The molecular formula is C13H12F2. The molecule has 0 radical (unpaired) electrons. The van der Waals surface area contributed by atoms with Gasteiger partial charge in [0, 0.05) is 12.0 Å². The van der Waals surface area contributed by atoms with Gasteiger partial charge in [-0.05, 0) is 25.0 Å². The average molecular weight is 206 g/mol. The fourth-order valence-electron chi connectivity index (χ4n) is 1.82. The molecule has 0 saturated carbocycles. The smallest absolute Gasteiger partial charge is 0.121 e. The Morgan fingerprint density at radius 1 is 1.27 bits per heavy atom. The van der Waals surface area contributed by atoms with Crippen molar-refractivity contribution in [3.63, 3.8) is 0 Å². The van der Waals surface area contributed by atoms with Crippen LogP contribution < -0.4 is 0 Å². The molecule has 1 aliphatic rings. The van der Waals surface area contributed by atoms with Crippen LogP contribution in [0.25, 0.3) is 0 Å². The molecule has 0 aromatic heterocycles. The average Bonchev–Trinajstić information content (AvgIpc) is 2.17. The number of benzene rings is 1. The zero-order chi connectivity index (χ0) is 10.8. The molecule has 2 heteroatoms. The monoisotopic (exact) mass is 206 g/mol. The highest BCUT2D eigenvalue weighted by Crippen LogP contribution is 2.34.